The smallest absolute Gasteiger partial charge is 0.327 e. The highest BCUT2D eigenvalue weighted by Gasteiger charge is 2.47. The molecule has 2 aromatic heterocycles. The normalized spacial score (nSPS) is 17.4. The Kier molecular flexibility index (Phi) is 40.0. The number of nitrogen functional groups attached to an aromatic ring is 2. The number of carboxylic acid groups (broad SMARTS) is 5. The number of aliphatic carboxylic acids is 5. The summed E-state index contributed by atoms with van der Waals surface area (Å²) < 4.78 is 29.7. The zero-order chi connectivity index (χ0) is 107. The number of nitrogens with two attached hydrogens (primary N) is 3. The van der Waals surface area contributed by atoms with Crippen molar-refractivity contribution in [1.82, 2.24) is 87.4 Å². The summed E-state index contributed by atoms with van der Waals surface area (Å²) in [4.78, 5) is 278. The Morgan fingerprint density at radius 3 is 1.85 bits per heavy atom. The first-order valence-electron chi connectivity index (χ1n) is 46.7. The van der Waals surface area contributed by atoms with E-state index in [9.17, 15) is 117 Å². The second-order valence-corrected chi connectivity index (χ2v) is 36.6. The van der Waals surface area contributed by atoms with E-state index in [1.165, 1.54) is 73.5 Å². The van der Waals surface area contributed by atoms with Crippen LogP contribution in [0.25, 0.3) is 11.2 Å². The number of aromatic amines is 1. The standard InChI is InChI=1S/C93H119N23O29S/c1-45(2)75(83(131)102-48(5)85(133)114-25-28-145-89(114)63-30-47(4)43-116(63)86(134)53-31-64(141-6)66(33-55(53)94)143-26-12-9-13-27-144-67-34-58-54(32-65(67)142-7)87(135)115-42-46(3)29-52(115)41-100-58)110-69(117)16-10-8-11-24-113-71(119)38-68(88(113)136)146-44-62(91(139)140)109-82(130)61(37-74(124)125)108-81(129)60(36-73(122)123)107-79(127)56(15-14-23-98-92(95)96)105-80(128)59(35-72(120)121)104-70(118)22-21-57(90(137)138)106-78(126)49-17-19-50(20-18-49)99-39-51-40-101-77-76(103-51)84(132)112-93(97)111-77/h17-20,31-34,40-41,45,48,52,56-57,59-63,68,75,89,99H,3-4,8-16,21-30,35-39,42-44,94H2,1-2,5-7H3,(H,102,131)(H,104,118)(H,105,128)(H,106,126)(H,107,127)(H,108,129)(H,109,130)(H,110,117)(H,120,121)(H,122,123)(H,124,125)(H,137,138)(H,139,140)(H4,95,96,98)(H3,97,101,111,112,132)/t48-,52-,56-,57-,59-,60-,61-,62-,63-,68?,75-,89?/m0/s1. The zero-order valence-corrected chi connectivity index (χ0v) is 81.4. The average molecular weight is 2060 g/mol. The number of hydrogen-bond acceptors (Lipinski definition) is 33. The molecule has 4 saturated heterocycles. The summed E-state index contributed by atoms with van der Waals surface area (Å²) in [6, 6.07) is -3.41. The van der Waals surface area contributed by atoms with Gasteiger partial charge in [0.25, 0.3) is 23.3 Å². The van der Waals surface area contributed by atoms with Gasteiger partial charge in [0.1, 0.15) is 48.3 Å². The predicted octanol–water partition coefficient (Wildman–Crippen LogP) is -0.497. The molecule has 0 saturated carbocycles. The van der Waals surface area contributed by atoms with E-state index < -0.39 is 235 Å². The van der Waals surface area contributed by atoms with E-state index in [1.807, 2.05) is 5.32 Å². The number of fused-ring (bicyclic) bond motifs is 3. The first kappa shape index (κ1) is 112. The maximum Gasteiger partial charge on any atom is 0.327 e. The van der Waals surface area contributed by atoms with Crippen molar-refractivity contribution in [1.29, 1.82) is 5.41 Å². The fourth-order valence-corrected chi connectivity index (χ4v) is 17.7. The molecule has 146 heavy (non-hydrogen) atoms. The van der Waals surface area contributed by atoms with E-state index in [2.05, 4.69) is 85.9 Å². The summed E-state index contributed by atoms with van der Waals surface area (Å²) in [5, 5.41) is 79.8. The molecule has 4 fully saturated rings. The lowest BCUT2D eigenvalue weighted by Gasteiger charge is -2.35. The number of unbranched alkanes of at least 4 members (excludes halogenated alkanes) is 4. The number of carboxylic acids is 5. The number of guanidine groups is 1. The molecular formula is C93H119N23O29S. The van der Waals surface area contributed by atoms with Crippen LogP contribution in [0.3, 0.4) is 0 Å². The van der Waals surface area contributed by atoms with Gasteiger partial charge in [-0.1, -0.05) is 44.6 Å². The molecular weight excluding hydrogens is 1940 g/mol. The van der Waals surface area contributed by atoms with Gasteiger partial charge in [-0.05, 0) is 113 Å². The third kappa shape index (κ3) is 31.0. The van der Waals surface area contributed by atoms with Crippen LogP contribution in [0.2, 0.25) is 0 Å². The molecule has 10 rings (SSSR count). The second kappa shape index (κ2) is 52.2. The van der Waals surface area contributed by atoms with Crippen LogP contribution in [0.4, 0.5) is 23.0 Å². The van der Waals surface area contributed by atoms with Crippen LogP contribution in [0.1, 0.15) is 167 Å². The minimum Gasteiger partial charge on any atom is -0.493 e. The molecule has 0 spiro atoms. The lowest BCUT2D eigenvalue weighted by Crippen LogP contribution is -2.59. The number of aliphatic imine (C=N–C) groups is 1. The molecule has 12 atom stereocenters. The van der Waals surface area contributed by atoms with Crippen LogP contribution in [0.5, 0.6) is 23.0 Å². The number of thioether (sulfide) groups is 1. The first-order valence-corrected chi connectivity index (χ1v) is 47.7. The number of hydrogen-bond donors (Lipinski definition) is 20. The topological polar surface area (TPSA) is 774 Å². The number of benzene rings is 3. The SMILES string of the molecule is C=C1C[C@H]2C=Nc3cc(OCCCCCOc4cc(N)c(C(=O)N5CC(=C)C[C@H]5C5OCCN5C(=O)[C@H](C)NC(=O)[C@@H](NC(=O)CCCCCN5C(=O)CC(SC[C@H](NC(=O)[C@H](CC(=O)O)NC(=O)[C@H](CC(=O)O)NC(=O)[C@H](CCCNC(=N)N)NC(=O)[C@H](CC(=O)O)NC(=O)CC[C@H](NC(=O)c6ccc(NCc7cnc8nc(N)[nH]c(=O)c8n7)cc6)C(=O)O)C(=O)O)C5=O)C(C)C)cc4OC)c(OC)cc3C(=O)N2C1. The van der Waals surface area contributed by atoms with Crippen LogP contribution >= 0.6 is 11.8 Å². The van der Waals surface area contributed by atoms with Crippen LogP contribution in [-0.2, 0) is 83.2 Å². The number of anilines is 3. The quantitative estimate of drug-likeness (QED) is 0.00583. The van der Waals surface area contributed by atoms with E-state index in [0.717, 1.165) is 10.5 Å². The van der Waals surface area contributed by atoms with E-state index in [-0.39, 0.29) is 136 Å². The molecule has 7 heterocycles. The molecule has 52 nitrogen and oxygen atoms in total. The van der Waals surface area contributed by atoms with Crippen molar-refractivity contribution in [3.63, 3.8) is 0 Å². The number of likely N-dealkylation sites (tertiary alicyclic amines) is 2. The van der Waals surface area contributed by atoms with Crippen molar-refractivity contribution < 1.29 is 136 Å². The largest absolute Gasteiger partial charge is 0.493 e. The minimum absolute atomic E-state index is 0.0178. The van der Waals surface area contributed by atoms with Crippen LogP contribution in [-0.4, -0.2) is 328 Å². The van der Waals surface area contributed by atoms with Crippen molar-refractivity contribution in [2.24, 2.45) is 16.6 Å². The lowest BCUT2D eigenvalue weighted by molar-refractivity contribution is -0.144. The van der Waals surface area contributed by atoms with Gasteiger partial charge in [0.05, 0.1) is 106 Å². The number of ether oxygens (including phenoxy) is 5. The van der Waals surface area contributed by atoms with Gasteiger partial charge in [0.2, 0.25) is 65.0 Å². The lowest BCUT2D eigenvalue weighted by atomic mass is 10.0. The van der Waals surface area contributed by atoms with Crippen LogP contribution < -0.4 is 94.9 Å². The zero-order valence-electron chi connectivity index (χ0n) is 80.5. The monoisotopic (exact) mass is 2050 g/mol. The Bertz CT molecular complexity index is 5920. The maximum absolute atomic E-state index is 14.6. The fraction of sp³-hybridized carbons (Fsp3) is 0.484. The molecule has 0 radical (unpaired) electrons. The van der Waals surface area contributed by atoms with Gasteiger partial charge in [-0.25, -0.2) is 19.6 Å². The van der Waals surface area contributed by atoms with Crippen molar-refractivity contribution in [2.45, 2.75) is 208 Å². The van der Waals surface area contributed by atoms with Gasteiger partial charge in [-0.15, -0.1) is 11.8 Å². The number of nitrogens with one attached hydrogen (secondary N) is 12. The van der Waals surface area contributed by atoms with Crippen LogP contribution in [0.15, 0.2) is 88.8 Å². The molecule has 5 aliphatic heterocycles. The highest BCUT2D eigenvalue weighted by molar-refractivity contribution is 8.00. The summed E-state index contributed by atoms with van der Waals surface area (Å²) in [7, 11) is 2.93. The molecule has 786 valence electrons. The summed E-state index contributed by atoms with van der Waals surface area (Å²) in [6.45, 7) is 14.1. The van der Waals surface area contributed by atoms with Gasteiger partial charge < -0.3 is 134 Å². The third-order valence-electron chi connectivity index (χ3n) is 24.0. The molecule has 2 unspecified atom stereocenters. The molecule has 0 aliphatic carbocycles. The first-order chi connectivity index (χ1) is 69.4. The Labute approximate surface area is 838 Å². The number of aromatic nitrogens is 4. The van der Waals surface area contributed by atoms with Crippen molar-refractivity contribution in [3.05, 3.63) is 112 Å². The van der Waals surface area contributed by atoms with Gasteiger partial charge in [-0.2, -0.15) is 4.98 Å². The fourth-order valence-electron chi connectivity index (χ4n) is 16.5. The van der Waals surface area contributed by atoms with Gasteiger partial charge in [-0.3, -0.25) is 102 Å². The molecule has 23 N–H and O–H groups in total. The Morgan fingerprint density at radius 1 is 0.630 bits per heavy atom. The third-order valence-corrected chi connectivity index (χ3v) is 25.3. The highest BCUT2D eigenvalue weighted by atomic mass is 32.2. The summed E-state index contributed by atoms with van der Waals surface area (Å²) in [5.41, 5.74) is 20.3. The number of imide groups is 1. The number of rotatable bonds is 55. The number of carbonyl (C=O) groups excluding carboxylic acids is 13. The van der Waals surface area contributed by atoms with E-state index in [0.29, 0.717) is 96.1 Å². The highest BCUT2D eigenvalue weighted by Crippen LogP contribution is 2.41. The average Bonchev–Trinajstić information content (AvgIpc) is 1.62. The molecule has 13 amide bonds. The van der Waals surface area contributed by atoms with Crippen LogP contribution in [0, 0.1) is 11.3 Å². The number of H-pyrrole nitrogens is 1. The van der Waals surface area contributed by atoms with Gasteiger partial charge >= 0.3 is 29.8 Å². The van der Waals surface area contributed by atoms with Gasteiger partial charge in [0, 0.05) is 93.0 Å². The van der Waals surface area contributed by atoms with E-state index in [4.69, 9.17) is 46.3 Å². The van der Waals surface area contributed by atoms with Gasteiger partial charge in [0.15, 0.2) is 46.3 Å². The second-order valence-electron chi connectivity index (χ2n) is 35.4. The Hall–Kier alpha value is -16.1. The van der Waals surface area contributed by atoms with Crippen molar-refractivity contribution >= 4 is 165 Å². The molecule has 3 aromatic carbocycles. The molecule has 0 bridgehead atoms. The Morgan fingerprint density at radius 2 is 1.23 bits per heavy atom. The number of amides is 13. The number of methoxy groups -OCH3 is 2. The summed E-state index contributed by atoms with van der Waals surface area (Å²) in [6.07, 6.45) is -0.748. The summed E-state index contributed by atoms with van der Waals surface area (Å²) in [5.74, 6) is -20.8. The summed E-state index contributed by atoms with van der Waals surface area (Å²) >= 11 is 0.631. The van der Waals surface area contributed by atoms with E-state index in [1.54, 1.807) is 37.1 Å². The van der Waals surface area contributed by atoms with Crippen molar-refractivity contribution in [2.75, 3.05) is 89.3 Å². The molecule has 5 aliphatic rings. The number of nitrogens with zero attached hydrogens (tertiary/aromatic N) is 8. The van der Waals surface area contributed by atoms with Crippen molar-refractivity contribution in [3.8, 4) is 23.0 Å². The molecule has 53 heteroatoms. The van der Waals surface area contributed by atoms with E-state index >= 15 is 0 Å². The maximum atomic E-state index is 14.6. The predicted molar refractivity (Wildman–Crippen MR) is 520 cm³/mol. The Balaban J connectivity index is 0.646. The molecule has 5 aromatic rings. The number of carbonyl (C=O) groups is 18. The minimum atomic E-state index is -2.26.